The van der Waals surface area contributed by atoms with Crippen molar-refractivity contribution in [2.45, 2.75) is 100 Å². The predicted octanol–water partition coefficient (Wildman–Crippen LogP) is 17.1. The van der Waals surface area contributed by atoms with Crippen molar-refractivity contribution in [3.05, 3.63) is 413 Å². The van der Waals surface area contributed by atoms with Crippen molar-refractivity contribution in [1.82, 2.24) is 62.9 Å². The number of rotatable bonds is 25. The Morgan fingerprint density at radius 2 is 1.27 bits per heavy atom. The molecule has 1 unspecified atom stereocenters. The molecule has 2 N–H and O–H groups in total. The van der Waals surface area contributed by atoms with Gasteiger partial charge in [-0.15, -0.1) is 6.58 Å². The van der Waals surface area contributed by atoms with Crippen molar-refractivity contribution in [2.75, 3.05) is 42.4 Å². The number of H-pyrrole nitrogens is 2. The summed E-state index contributed by atoms with van der Waals surface area (Å²) < 4.78 is 64.0. The lowest BCUT2D eigenvalue weighted by Crippen LogP contribution is -2.50. The van der Waals surface area contributed by atoms with Crippen LogP contribution in [0.25, 0.3) is 72.5 Å². The van der Waals surface area contributed by atoms with Gasteiger partial charge in [0.1, 0.15) is 50.9 Å². The molecule has 11 aromatic carbocycles. The Morgan fingerprint density at radius 3 is 1.97 bits per heavy atom. The highest BCUT2D eigenvalue weighted by Crippen LogP contribution is 2.43. The summed E-state index contributed by atoms with van der Waals surface area (Å²) in [4.78, 5) is 135. The molecule has 35 heteroatoms. The molecule has 0 saturated carbocycles. The van der Waals surface area contributed by atoms with Crippen molar-refractivity contribution >= 4 is 130 Å². The molecule has 1 saturated heterocycles. The SMILES string of the molecule is C=CCn1c(Cc2ccccc2)nc2c(cnn2-c2ccccc2)c1=O.CCOC(=O)CSc1nc2c([nH]c3ccccc32)c(=O)n1-c1ccc(F)cc1.COC(=O)c1ccc2c(c1)N(Cc1nc(-c3ccccc3C)oc1C)C(=O)C1CCCN21.Cc1cccc(CSc2nc3c(cnn3-c3ccc(Cl)cc3)c(=O)[nH]2)c1.O=C1N=c2ccc(S(=O)(=O)N(CCc3ccccc3)Cc3ccccc3)cc2=NC1=O. The number of nitrogens with zero attached hydrogens (tertiary/aromatic N) is 15. The first-order chi connectivity index (χ1) is 69.4. The van der Waals surface area contributed by atoms with E-state index >= 15 is 0 Å². The van der Waals surface area contributed by atoms with Crippen LogP contribution in [0.3, 0.4) is 0 Å². The minimum absolute atomic E-state index is 0.00339. The Hall–Kier alpha value is -16.3. The van der Waals surface area contributed by atoms with Crippen LogP contribution >= 0.6 is 35.1 Å². The van der Waals surface area contributed by atoms with Gasteiger partial charge < -0.3 is 33.7 Å². The van der Waals surface area contributed by atoms with Crippen LogP contribution in [-0.2, 0) is 76.9 Å². The van der Waals surface area contributed by atoms with E-state index in [4.69, 9.17) is 35.5 Å². The normalized spacial score (nSPS) is 13.0. The first kappa shape index (κ1) is 98.3. The lowest BCUT2D eigenvalue weighted by Gasteiger charge is -2.39. The Balaban J connectivity index is 0.000000123. The van der Waals surface area contributed by atoms with Crippen molar-refractivity contribution in [2.24, 2.45) is 9.98 Å². The molecular formula is C108H93ClFN17O13S3. The number of aromatic nitrogens is 12. The molecule has 3 aliphatic heterocycles. The number of sulfonamides is 1. The summed E-state index contributed by atoms with van der Waals surface area (Å²) in [5.41, 5.74) is 14.5. The van der Waals surface area contributed by atoms with E-state index in [2.05, 4.69) is 76.7 Å². The molecule has 10 heterocycles. The number of carbonyl (C=O) groups is 5. The summed E-state index contributed by atoms with van der Waals surface area (Å²) in [6.07, 6.45) is 7.73. The molecule has 3 amide bonds. The van der Waals surface area contributed by atoms with Gasteiger partial charge in [0, 0.05) is 59.8 Å². The second-order valence-corrected chi connectivity index (χ2v) is 37.6. The summed E-state index contributed by atoms with van der Waals surface area (Å²) in [5, 5.41) is 12.3. The minimum Gasteiger partial charge on any atom is -0.465 e. The van der Waals surface area contributed by atoms with Gasteiger partial charge in [-0.3, -0.25) is 42.7 Å². The quantitative estimate of drug-likeness (QED) is 0.0176. The molecule has 0 aliphatic carbocycles. The van der Waals surface area contributed by atoms with Gasteiger partial charge in [0.15, 0.2) is 21.6 Å². The zero-order valence-electron chi connectivity index (χ0n) is 78.1. The summed E-state index contributed by atoms with van der Waals surface area (Å²) in [6.45, 7) is 13.7. The number of oxazole rings is 1. The number of hydrogen-bond donors (Lipinski definition) is 2. The number of aromatic amines is 2. The van der Waals surface area contributed by atoms with Crippen LogP contribution in [0.1, 0.15) is 80.8 Å². The lowest BCUT2D eigenvalue weighted by atomic mass is 10.0. The van der Waals surface area contributed by atoms with Crippen molar-refractivity contribution in [3.63, 3.8) is 0 Å². The second-order valence-electron chi connectivity index (χ2n) is 33.3. The van der Waals surface area contributed by atoms with Gasteiger partial charge >= 0.3 is 23.8 Å². The first-order valence-electron chi connectivity index (χ1n) is 45.6. The van der Waals surface area contributed by atoms with E-state index < -0.39 is 39.6 Å². The van der Waals surface area contributed by atoms with E-state index in [1.165, 1.54) is 87.5 Å². The predicted molar refractivity (Wildman–Crippen MR) is 548 cm³/mol. The molecule has 30 nitrogen and oxygen atoms in total. The molecule has 18 aromatic rings. The maximum absolute atomic E-state index is 13.5. The number of halogens is 2. The standard InChI is InChI=1S/C25H25N3O4.C23H19N3O4S.C21H18N4O.C20H16FN3O3S.C19H15ClN4OS/c1-15-7-4-5-8-18(15)23-26-19(16(2)32-23)14-28-22-13-17(25(30)31-3)10-11-20(22)27-12-6-9-21(27)24(28)29;27-22-23(28)25-21-15-19(11-12-20(21)24-22)31(29,30)26(16-18-9-5-2-6-10-18)14-13-17-7-3-1-4-8-17;1-2-13-24-19(14-16-9-5-3-6-10-16)23-20-18(21(24)26)15-22-25(20)17-11-7-4-8-12-17;1-2-27-16(25)11-28-20-23-17-14-5-3-4-6-15(14)22-18(17)19(26)24(20)13-9-7-12(21)8-10-13;1-12-3-2-4-13(9-12)11-26-19-22-17-16(18(25)23-19)10-21-24(17)15-7-5-14(20)6-8-15/h4-5,7-8,10-11,13,21H,6,9,12,14H2,1-3H3;1-12,15H,13-14,16H2;2-12,15H,1,13-14H2;3-10,22H,2,11H2,1H3;2-10H,11H2,1H3,(H,22,23,25). The minimum atomic E-state index is -3.90. The van der Waals surface area contributed by atoms with Gasteiger partial charge in [-0.2, -0.15) is 14.5 Å². The number of anilines is 2. The highest BCUT2D eigenvalue weighted by atomic mass is 35.5. The Labute approximate surface area is 832 Å². The van der Waals surface area contributed by atoms with Gasteiger partial charge in [-0.1, -0.05) is 217 Å². The van der Waals surface area contributed by atoms with Crippen LogP contribution in [0.15, 0.2) is 348 Å². The number of esters is 2. The molecule has 3 aliphatic rings. The number of ether oxygens (including phenoxy) is 2. The van der Waals surface area contributed by atoms with E-state index in [1.54, 1.807) is 62.3 Å². The fourth-order valence-corrected chi connectivity index (χ4v) is 19.8. The Morgan fingerprint density at radius 1 is 0.629 bits per heavy atom. The average molecular weight is 1990 g/mol. The summed E-state index contributed by atoms with van der Waals surface area (Å²) in [6, 6.07) is 84.5. The molecule has 0 bridgehead atoms. The van der Waals surface area contributed by atoms with Gasteiger partial charge in [0.2, 0.25) is 21.8 Å². The number of amides is 3. The second kappa shape index (κ2) is 44.5. The first-order valence-corrected chi connectivity index (χ1v) is 49.4. The fourth-order valence-electron chi connectivity index (χ4n) is 16.6. The molecule has 0 spiro atoms. The zero-order valence-corrected chi connectivity index (χ0v) is 81.3. The number of nitrogens with one attached hydrogen (secondary N) is 2. The highest BCUT2D eigenvalue weighted by molar-refractivity contribution is 7.99. The monoisotopic (exact) mass is 1990 g/mol. The third kappa shape index (κ3) is 22.5. The van der Waals surface area contributed by atoms with Gasteiger partial charge in [0.25, 0.3) is 16.7 Å². The number of hydrogen-bond acceptors (Lipinski definition) is 22. The van der Waals surface area contributed by atoms with Crippen LogP contribution in [-0.4, -0.2) is 140 Å². The largest absolute Gasteiger partial charge is 0.465 e. The van der Waals surface area contributed by atoms with Crippen LogP contribution in [0.4, 0.5) is 15.8 Å². The fraction of sp³-hybridized carbons (Fsp3) is 0.167. The van der Waals surface area contributed by atoms with E-state index in [1.807, 2.05) is 208 Å². The van der Waals surface area contributed by atoms with Crippen molar-refractivity contribution < 1.29 is 50.7 Å². The molecule has 0 radical (unpaired) electrons. The number of carbonyl (C=O) groups excluding carboxylic acids is 5. The average Bonchev–Trinajstić information content (AvgIpc) is 1.63. The van der Waals surface area contributed by atoms with Gasteiger partial charge in [-0.25, -0.2) is 56.9 Å². The molecule has 720 valence electrons. The van der Waals surface area contributed by atoms with E-state index in [0.717, 1.165) is 92.7 Å². The molecule has 7 aromatic heterocycles. The number of fused-ring (bicyclic) bond motifs is 9. The highest BCUT2D eigenvalue weighted by Gasteiger charge is 2.42. The molecule has 21 rings (SSSR count). The molecule has 143 heavy (non-hydrogen) atoms. The van der Waals surface area contributed by atoms with E-state index in [-0.39, 0.29) is 76.2 Å². The topological polar surface area (TPSA) is 365 Å². The Bertz CT molecular complexity index is 8300. The van der Waals surface area contributed by atoms with E-state index in [9.17, 15) is 51.2 Å². The molecular weight excluding hydrogens is 1890 g/mol. The third-order valence-corrected chi connectivity index (χ3v) is 27.7. The maximum atomic E-state index is 13.5. The van der Waals surface area contributed by atoms with Crippen LogP contribution in [0.2, 0.25) is 5.02 Å². The number of methoxy groups -OCH3 is 1. The summed E-state index contributed by atoms with van der Waals surface area (Å²) in [7, 11) is -2.54. The van der Waals surface area contributed by atoms with Crippen LogP contribution in [0, 0.1) is 26.6 Å². The summed E-state index contributed by atoms with van der Waals surface area (Å²) in [5.74, 6) is -0.513. The lowest BCUT2D eigenvalue weighted by molar-refractivity contribution is -0.139. The third-order valence-electron chi connectivity index (χ3n) is 23.7. The Kier molecular flexibility index (Phi) is 30.6. The number of benzene rings is 11. The number of thioether (sulfide) groups is 2. The van der Waals surface area contributed by atoms with Gasteiger partial charge in [0.05, 0.1) is 88.0 Å². The van der Waals surface area contributed by atoms with Crippen LogP contribution in [0.5, 0.6) is 0 Å². The van der Waals surface area contributed by atoms with Crippen molar-refractivity contribution in [3.8, 4) is 28.5 Å². The van der Waals surface area contributed by atoms with Crippen molar-refractivity contribution in [1.29, 1.82) is 0 Å². The number of aryl methyl sites for hydroxylation is 3. The number of para-hydroxylation sites is 2. The summed E-state index contributed by atoms with van der Waals surface area (Å²) >= 11 is 8.55. The smallest absolute Gasteiger partial charge is 0.338 e. The maximum Gasteiger partial charge on any atom is 0.338 e. The van der Waals surface area contributed by atoms with Crippen LogP contribution < -0.4 is 37.2 Å². The molecule has 1 atom stereocenters. The van der Waals surface area contributed by atoms with Gasteiger partial charge in [-0.05, 0) is 184 Å². The van der Waals surface area contributed by atoms with E-state index in [0.29, 0.717) is 108 Å². The number of allylic oxidation sites excluding steroid dienone is 1. The zero-order chi connectivity index (χ0) is 100.0. The molecule has 1 fully saturated rings.